The van der Waals surface area contributed by atoms with Crippen LogP contribution >= 0.6 is 11.3 Å². The van der Waals surface area contributed by atoms with Crippen molar-refractivity contribution in [3.05, 3.63) is 64.4 Å². The minimum atomic E-state index is -0.680. The summed E-state index contributed by atoms with van der Waals surface area (Å²) in [5.74, 6) is -1.11. The van der Waals surface area contributed by atoms with Gasteiger partial charge in [-0.05, 0) is 17.0 Å². The summed E-state index contributed by atoms with van der Waals surface area (Å²) in [6.45, 7) is 0. The maximum absolute atomic E-state index is 12.1. The van der Waals surface area contributed by atoms with Crippen LogP contribution in [0.2, 0.25) is 0 Å². The van der Waals surface area contributed by atoms with E-state index < -0.39 is 5.92 Å². The first-order valence-corrected chi connectivity index (χ1v) is 7.18. The third-order valence-corrected chi connectivity index (χ3v) is 4.26. The summed E-state index contributed by atoms with van der Waals surface area (Å²) >= 11 is 1.57. The van der Waals surface area contributed by atoms with E-state index in [1.165, 1.54) is 0 Å². The van der Waals surface area contributed by atoms with Gasteiger partial charge in [-0.1, -0.05) is 42.5 Å². The molecule has 0 radical (unpaired) electrons. The van der Waals surface area contributed by atoms with E-state index in [0.717, 1.165) is 16.1 Å². The minimum absolute atomic E-state index is 0.202. The molecular weight excluding hydrogens is 268 g/mol. The predicted octanol–water partition coefficient (Wildman–Crippen LogP) is 3.14. The first-order valence-electron chi connectivity index (χ1n) is 6.30. The molecule has 1 N–H and O–H groups in total. The molecule has 2 heterocycles. The van der Waals surface area contributed by atoms with Crippen molar-refractivity contribution >= 4 is 22.9 Å². The lowest BCUT2D eigenvalue weighted by atomic mass is 9.83. The number of amides is 1. The summed E-state index contributed by atoms with van der Waals surface area (Å²) in [4.78, 5) is 13.2. The van der Waals surface area contributed by atoms with Crippen molar-refractivity contribution in [3.8, 4) is 6.07 Å². The molecule has 0 spiro atoms. The lowest BCUT2D eigenvalue weighted by molar-refractivity contribution is -0.122. The van der Waals surface area contributed by atoms with Crippen LogP contribution in [0.1, 0.15) is 16.4 Å². The number of thiophene rings is 1. The normalized spacial score (nSPS) is 21.8. The largest absolute Gasteiger partial charge is 0.324 e. The molecule has 0 unspecified atom stereocenters. The highest BCUT2D eigenvalue weighted by atomic mass is 32.1. The molecule has 3 nitrogen and oxygen atoms in total. The van der Waals surface area contributed by atoms with Crippen molar-refractivity contribution < 1.29 is 4.79 Å². The van der Waals surface area contributed by atoms with Gasteiger partial charge in [0.15, 0.2) is 0 Å². The van der Waals surface area contributed by atoms with E-state index in [0.29, 0.717) is 0 Å². The topological polar surface area (TPSA) is 52.9 Å². The molecule has 0 aliphatic carbocycles. The molecule has 20 heavy (non-hydrogen) atoms. The quantitative estimate of drug-likeness (QED) is 0.918. The van der Waals surface area contributed by atoms with Gasteiger partial charge in [0.05, 0.1) is 16.6 Å². The average molecular weight is 280 g/mol. The summed E-state index contributed by atoms with van der Waals surface area (Å²) in [5, 5.41) is 14.1. The van der Waals surface area contributed by atoms with Gasteiger partial charge in [0.1, 0.15) is 5.92 Å². The predicted molar refractivity (Wildman–Crippen MR) is 78.7 cm³/mol. The average Bonchev–Trinajstić information content (AvgIpc) is 3.01. The van der Waals surface area contributed by atoms with E-state index in [9.17, 15) is 10.1 Å². The third-order valence-electron chi connectivity index (χ3n) is 3.36. The number of nitrogens with one attached hydrogen (secondary N) is 1. The number of carbonyl (C=O) groups excluding carboxylic acids is 1. The Hall–Kier alpha value is -2.38. The Labute approximate surface area is 121 Å². The van der Waals surface area contributed by atoms with Gasteiger partial charge in [-0.25, -0.2) is 0 Å². The molecule has 0 saturated carbocycles. The van der Waals surface area contributed by atoms with Gasteiger partial charge in [-0.15, -0.1) is 11.3 Å². The Morgan fingerprint density at radius 1 is 1.15 bits per heavy atom. The smallest absolute Gasteiger partial charge is 0.242 e. The Balaban J connectivity index is 2.06. The fraction of sp³-hybridized carbons (Fsp3) is 0.125. The summed E-state index contributed by atoms with van der Waals surface area (Å²) < 4.78 is 0. The molecule has 98 valence electrons. The first-order chi connectivity index (χ1) is 9.79. The number of hydrogen-bond donors (Lipinski definition) is 1. The van der Waals surface area contributed by atoms with E-state index in [1.54, 1.807) is 11.3 Å². The van der Waals surface area contributed by atoms with Crippen LogP contribution in [0, 0.1) is 17.2 Å². The monoisotopic (exact) mass is 280 g/mol. The molecule has 1 aliphatic rings. The molecule has 0 bridgehead atoms. The first kappa shape index (κ1) is 12.6. The Bertz CT molecular complexity index is 683. The molecule has 1 aromatic heterocycles. The molecule has 2 atom stereocenters. The highest BCUT2D eigenvalue weighted by Gasteiger charge is 2.33. The highest BCUT2D eigenvalue weighted by molar-refractivity contribution is 7.11. The molecule has 4 heteroatoms. The number of hydrogen-bond acceptors (Lipinski definition) is 3. The Morgan fingerprint density at radius 2 is 1.95 bits per heavy atom. The van der Waals surface area contributed by atoms with Gasteiger partial charge in [0, 0.05) is 5.92 Å². The second-order valence-corrected chi connectivity index (χ2v) is 5.54. The lowest BCUT2D eigenvalue weighted by Crippen LogP contribution is -2.36. The maximum atomic E-state index is 12.1. The fourth-order valence-electron chi connectivity index (χ4n) is 2.37. The maximum Gasteiger partial charge on any atom is 0.242 e. The zero-order valence-corrected chi connectivity index (χ0v) is 11.4. The number of allylic oxidation sites excluding steroid dienone is 1. The molecule has 1 amide bonds. The summed E-state index contributed by atoms with van der Waals surface area (Å²) in [7, 11) is 0. The molecule has 1 aliphatic heterocycles. The molecule has 0 fully saturated rings. The van der Waals surface area contributed by atoms with Gasteiger partial charge >= 0.3 is 0 Å². The van der Waals surface area contributed by atoms with Crippen LogP contribution < -0.4 is 5.32 Å². The number of rotatable bonds is 2. The van der Waals surface area contributed by atoms with Gasteiger partial charge in [-0.2, -0.15) is 5.26 Å². The molecule has 2 aromatic rings. The standard InChI is InChI=1S/C16H12N2OS/c17-10-13-12(11-5-2-1-3-6-11)9-14(18-16(13)19)15-7-4-8-20-15/h1-9,12-13H,(H,18,19)/t12-,13+/m0/s1. The lowest BCUT2D eigenvalue weighted by Gasteiger charge is -2.25. The Kier molecular flexibility index (Phi) is 3.36. The van der Waals surface area contributed by atoms with E-state index >= 15 is 0 Å². The van der Waals surface area contributed by atoms with E-state index in [1.807, 2.05) is 53.9 Å². The van der Waals surface area contributed by atoms with Crippen molar-refractivity contribution in [2.24, 2.45) is 5.92 Å². The van der Waals surface area contributed by atoms with Crippen molar-refractivity contribution in [2.75, 3.05) is 0 Å². The highest BCUT2D eigenvalue weighted by Crippen LogP contribution is 2.33. The molecular formula is C16H12N2OS. The number of benzene rings is 1. The van der Waals surface area contributed by atoms with Gasteiger partial charge in [0.25, 0.3) is 0 Å². The van der Waals surface area contributed by atoms with Crippen LogP contribution in [0.15, 0.2) is 53.9 Å². The molecule has 1 aromatic carbocycles. The zero-order valence-electron chi connectivity index (χ0n) is 10.6. The zero-order chi connectivity index (χ0) is 13.9. The van der Waals surface area contributed by atoms with E-state index in [-0.39, 0.29) is 11.8 Å². The van der Waals surface area contributed by atoms with Crippen LogP contribution in [-0.2, 0) is 4.79 Å². The third kappa shape index (κ3) is 2.24. The van der Waals surface area contributed by atoms with Crippen LogP contribution in [0.25, 0.3) is 5.70 Å². The van der Waals surface area contributed by atoms with Crippen molar-refractivity contribution in [3.63, 3.8) is 0 Å². The van der Waals surface area contributed by atoms with Crippen LogP contribution in [0.3, 0.4) is 0 Å². The van der Waals surface area contributed by atoms with Crippen LogP contribution in [0.4, 0.5) is 0 Å². The second-order valence-electron chi connectivity index (χ2n) is 4.59. The fourth-order valence-corrected chi connectivity index (χ4v) is 3.08. The minimum Gasteiger partial charge on any atom is -0.324 e. The van der Waals surface area contributed by atoms with Crippen molar-refractivity contribution in [1.82, 2.24) is 5.32 Å². The van der Waals surface area contributed by atoms with Crippen LogP contribution in [0.5, 0.6) is 0 Å². The molecule has 3 rings (SSSR count). The number of carbonyl (C=O) groups is 1. The van der Waals surface area contributed by atoms with Gasteiger partial charge < -0.3 is 5.32 Å². The second kappa shape index (κ2) is 5.32. The molecule has 0 saturated heterocycles. The Morgan fingerprint density at radius 3 is 2.60 bits per heavy atom. The summed E-state index contributed by atoms with van der Waals surface area (Å²) in [6, 6.07) is 15.7. The van der Waals surface area contributed by atoms with E-state index in [2.05, 4.69) is 11.4 Å². The summed E-state index contributed by atoms with van der Waals surface area (Å²) in [5.41, 5.74) is 1.79. The summed E-state index contributed by atoms with van der Waals surface area (Å²) in [6.07, 6.45) is 1.98. The SMILES string of the molecule is N#C[C@H]1C(=O)NC(c2cccs2)=C[C@H]1c1ccccc1. The number of nitriles is 1. The number of nitrogens with zero attached hydrogens (tertiary/aromatic N) is 1. The van der Waals surface area contributed by atoms with Crippen LogP contribution in [-0.4, -0.2) is 5.91 Å². The van der Waals surface area contributed by atoms with Crippen molar-refractivity contribution in [1.29, 1.82) is 5.26 Å². The van der Waals surface area contributed by atoms with Crippen molar-refractivity contribution in [2.45, 2.75) is 5.92 Å². The van der Waals surface area contributed by atoms with Gasteiger partial charge in [-0.3, -0.25) is 4.79 Å². The van der Waals surface area contributed by atoms with Gasteiger partial charge in [0.2, 0.25) is 5.91 Å². The van der Waals surface area contributed by atoms with E-state index in [4.69, 9.17) is 0 Å².